The molecule has 1 unspecified atom stereocenters. The lowest BCUT2D eigenvalue weighted by Gasteiger charge is -2.36. The van der Waals surface area contributed by atoms with Crippen LogP contribution in [-0.4, -0.2) is 42.4 Å². The Bertz CT molecular complexity index is 278. The van der Waals surface area contributed by atoms with Gasteiger partial charge in [-0.25, -0.2) is 0 Å². The number of nitrogens with zero attached hydrogens (tertiary/aromatic N) is 2. The van der Waals surface area contributed by atoms with Crippen LogP contribution < -0.4 is 11.1 Å². The summed E-state index contributed by atoms with van der Waals surface area (Å²) < 4.78 is 0. The maximum Gasteiger partial charge on any atom is 0.221 e. The molecule has 0 spiro atoms. The van der Waals surface area contributed by atoms with E-state index >= 15 is 0 Å². The number of nitrogens with one attached hydrogen (secondary N) is 1. The fraction of sp³-hybridized carbons (Fsp3) is 0.833. The van der Waals surface area contributed by atoms with Gasteiger partial charge in [-0.1, -0.05) is 13.8 Å². The molecule has 0 saturated heterocycles. The summed E-state index contributed by atoms with van der Waals surface area (Å²) in [5.41, 5.74) is 5.62. The number of hydrogen-bond acceptors (Lipinski definition) is 4. The number of hydrogen-bond donors (Lipinski definition) is 2. The molecule has 5 heteroatoms. The standard InChI is InChI=1S/C12H24N4O/c1-3-10-14-8-5-9-16(10)11(6-7-13)15-12(17)4-2/h11H,3-9,13H2,1-2H3,(H,15,17). The van der Waals surface area contributed by atoms with Gasteiger partial charge in [-0.15, -0.1) is 0 Å². The molecule has 0 aromatic rings. The maximum atomic E-state index is 11.5. The number of amides is 1. The summed E-state index contributed by atoms with van der Waals surface area (Å²) in [5.74, 6) is 1.16. The van der Waals surface area contributed by atoms with Gasteiger partial charge >= 0.3 is 0 Å². The summed E-state index contributed by atoms with van der Waals surface area (Å²) >= 11 is 0. The number of aliphatic imine (C=N–C) groups is 1. The minimum absolute atomic E-state index is 0.00597. The zero-order valence-corrected chi connectivity index (χ0v) is 10.9. The van der Waals surface area contributed by atoms with Gasteiger partial charge in [-0.3, -0.25) is 9.79 Å². The first-order chi connectivity index (χ1) is 8.22. The number of amidine groups is 1. The molecule has 0 bridgehead atoms. The molecule has 0 aliphatic carbocycles. The van der Waals surface area contributed by atoms with E-state index in [4.69, 9.17) is 5.73 Å². The third kappa shape index (κ3) is 4.00. The molecule has 1 rings (SSSR count). The number of carbonyl (C=O) groups is 1. The van der Waals surface area contributed by atoms with Gasteiger partial charge in [0.2, 0.25) is 5.91 Å². The van der Waals surface area contributed by atoms with Crippen LogP contribution in [0.3, 0.4) is 0 Å². The molecule has 1 aliphatic rings. The van der Waals surface area contributed by atoms with E-state index < -0.39 is 0 Å². The normalized spacial score (nSPS) is 17.6. The molecule has 3 N–H and O–H groups in total. The van der Waals surface area contributed by atoms with Crippen molar-refractivity contribution in [3.63, 3.8) is 0 Å². The quantitative estimate of drug-likeness (QED) is 0.718. The molecule has 0 aromatic heterocycles. The Kier molecular flexibility index (Phi) is 5.97. The van der Waals surface area contributed by atoms with Crippen LogP contribution in [-0.2, 0) is 4.79 Å². The second-order valence-corrected chi connectivity index (χ2v) is 4.21. The van der Waals surface area contributed by atoms with E-state index in [-0.39, 0.29) is 12.1 Å². The van der Waals surface area contributed by atoms with Gasteiger partial charge in [0.15, 0.2) is 0 Å². The molecule has 1 atom stereocenters. The van der Waals surface area contributed by atoms with Gasteiger partial charge in [0.25, 0.3) is 0 Å². The third-order valence-corrected chi connectivity index (χ3v) is 2.96. The van der Waals surface area contributed by atoms with E-state index in [2.05, 4.69) is 22.1 Å². The number of rotatable bonds is 6. The summed E-state index contributed by atoms with van der Waals surface area (Å²) in [6.45, 7) is 6.39. The zero-order valence-electron chi connectivity index (χ0n) is 10.9. The van der Waals surface area contributed by atoms with Crippen molar-refractivity contribution in [1.29, 1.82) is 0 Å². The van der Waals surface area contributed by atoms with Crippen LogP contribution in [0.2, 0.25) is 0 Å². The van der Waals surface area contributed by atoms with Crippen LogP contribution in [0.25, 0.3) is 0 Å². The van der Waals surface area contributed by atoms with Crippen LogP contribution in [0.5, 0.6) is 0 Å². The molecule has 1 amide bonds. The summed E-state index contributed by atoms with van der Waals surface area (Å²) in [5, 5.41) is 3.03. The van der Waals surface area contributed by atoms with Gasteiger partial charge in [0.1, 0.15) is 12.0 Å². The molecule has 5 nitrogen and oxygen atoms in total. The molecule has 0 radical (unpaired) electrons. The molecule has 0 fully saturated rings. The summed E-state index contributed by atoms with van der Waals surface area (Å²) in [6.07, 6.45) is 3.24. The van der Waals surface area contributed by atoms with Gasteiger partial charge in [0, 0.05) is 25.9 Å². The van der Waals surface area contributed by atoms with Crippen LogP contribution in [0.1, 0.15) is 39.5 Å². The topological polar surface area (TPSA) is 70.7 Å². The molecule has 1 aliphatic heterocycles. The van der Waals surface area contributed by atoms with Crippen molar-refractivity contribution in [2.45, 2.75) is 45.7 Å². The Morgan fingerprint density at radius 1 is 1.59 bits per heavy atom. The lowest BCUT2D eigenvalue weighted by molar-refractivity contribution is -0.122. The van der Waals surface area contributed by atoms with Crippen molar-refractivity contribution < 1.29 is 4.79 Å². The van der Waals surface area contributed by atoms with E-state index in [9.17, 15) is 4.79 Å². The molecule has 0 aromatic carbocycles. The average Bonchev–Trinajstić information content (AvgIpc) is 2.38. The van der Waals surface area contributed by atoms with Crippen LogP contribution in [0, 0.1) is 0 Å². The Hall–Kier alpha value is -1.10. The molecule has 0 saturated carbocycles. The van der Waals surface area contributed by atoms with Crippen LogP contribution >= 0.6 is 0 Å². The SMILES string of the molecule is CCC(=O)NC(CCN)N1CCCN=C1CC. The van der Waals surface area contributed by atoms with E-state index in [0.717, 1.165) is 38.2 Å². The first-order valence-electron chi connectivity index (χ1n) is 6.52. The van der Waals surface area contributed by atoms with Crippen molar-refractivity contribution in [2.75, 3.05) is 19.6 Å². The highest BCUT2D eigenvalue weighted by Gasteiger charge is 2.23. The lowest BCUT2D eigenvalue weighted by atomic mass is 10.2. The van der Waals surface area contributed by atoms with Crippen molar-refractivity contribution >= 4 is 11.7 Å². The minimum Gasteiger partial charge on any atom is -0.340 e. The summed E-state index contributed by atoms with van der Waals surface area (Å²) in [6, 6.07) is 0. The van der Waals surface area contributed by atoms with Crippen LogP contribution in [0.15, 0.2) is 4.99 Å². The van der Waals surface area contributed by atoms with E-state index in [1.54, 1.807) is 0 Å². The smallest absolute Gasteiger partial charge is 0.221 e. The molecule has 1 heterocycles. The highest BCUT2D eigenvalue weighted by molar-refractivity contribution is 5.83. The first kappa shape index (κ1) is 14.0. The fourth-order valence-electron chi connectivity index (χ4n) is 2.07. The van der Waals surface area contributed by atoms with Gasteiger partial charge in [-0.05, 0) is 19.4 Å². The Morgan fingerprint density at radius 3 is 2.94 bits per heavy atom. The monoisotopic (exact) mass is 240 g/mol. The first-order valence-corrected chi connectivity index (χ1v) is 6.52. The lowest BCUT2D eigenvalue weighted by Crippen LogP contribution is -2.53. The predicted molar refractivity (Wildman–Crippen MR) is 69.8 cm³/mol. The van der Waals surface area contributed by atoms with Crippen LogP contribution in [0.4, 0.5) is 0 Å². The van der Waals surface area contributed by atoms with Gasteiger partial charge < -0.3 is 16.0 Å². The Balaban J connectivity index is 2.70. The second-order valence-electron chi connectivity index (χ2n) is 4.21. The van der Waals surface area contributed by atoms with Crippen molar-refractivity contribution in [3.8, 4) is 0 Å². The van der Waals surface area contributed by atoms with Crippen molar-refractivity contribution in [3.05, 3.63) is 0 Å². The fourth-order valence-corrected chi connectivity index (χ4v) is 2.07. The van der Waals surface area contributed by atoms with Crippen molar-refractivity contribution in [2.24, 2.45) is 10.7 Å². The van der Waals surface area contributed by atoms with Gasteiger partial charge in [0.05, 0.1) is 0 Å². The predicted octanol–water partition coefficient (Wildman–Crippen LogP) is 0.702. The third-order valence-electron chi connectivity index (χ3n) is 2.96. The van der Waals surface area contributed by atoms with E-state index in [1.165, 1.54) is 0 Å². The molecular formula is C12H24N4O. The second kappa shape index (κ2) is 7.27. The largest absolute Gasteiger partial charge is 0.340 e. The van der Waals surface area contributed by atoms with Crippen molar-refractivity contribution in [1.82, 2.24) is 10.2 Å². The molecule has 17 heavy (non-hydrogen) atoms. The maximum absolute atomic E-state index is 11.5. The van der Waals surface area contributed by atoms with Gasteiger partial charge in [-0.2, -0.15) is 0 Å². The zero-order chi connectivity index (χ0) is 12.7. The van der Waals surface area contributed by atoms with E-state index in [1.807, 2.05) is 6.92 Å². The number of carbonyl (C=O) groups excluding carboxylic acids is 1. The summed E-state index contributed by atoms with van der Waals surface area (Å²) in [7, 11) is 0. The number of nitrogens with two attached hydrogens (primary N) is 1. The summed E-state index contributed by atoms with van der Waals surface area (Å²) in [4.78, 5) is 18.2. The average molecular weight is 240 g/mol. The van der Waals surface area contributed by atoms with E-state index in [0.29, 0.717) is 13.0 Å². The molecular weight excluding hydrogens is 216 g/mol. The Labute approximate surface area is 103 Å². The Morgan fingerprint density at radius 2 is 2.35 bits per heavy atom. The highest BCUT2D eigenvalue weighted by Crippen LogP contribution is 2.11. The minimum atomic E-state index is 0.00597. The molecule has 98 valence electrons. The highest BCUT2D eigenvalue weighted by atomic mass is 16.1.